The van der Waals surface area contributed by atoms with E-state index in [1.165, 1.54) is 12.1 Å². The average Bonchev–Trinajstić information content (AvgIpc) is 3.05. The first-order valence-electron chi connectivity index (χ1n) is 8.68. The van der Waals surface area contributed by atoms with Crippen molar-refractivity contribution in [2.75, 3.05) is 7.05 Å². The van der Waals surface area contributed by atoms with Gasteiger partial charge >= 0.3 is 0 Å². The van der Waals surface area contributed by atoms with Crippen molar-refractivity contribution in [2.24, 2.45) is 0 Å². The molecule has 3 rings (SSSR count). The first-order chi connectivity index (χ1) is 12.4. The highest BCUT2D eigenvalue weighted by atomic mass is 19.1. The van der Waals surface area contributed by atoms with Crippen LogP contribution in [-0.2, 0) is 11.3 Å². The molecule has 1 aromatic heterocycles. The molecule has 0 aliphatic rings. The summed E-state index contributed by atoms with van der Waals surface area (Å²) in [6, 6.07) is 15.6. The fourth-order valence-corrected chi connectivity index (χ4v) is 3.06. The summed E-state index contributed by atoms with van der Waals surface area (Å²) in [5.41, 5.74) is 1.59. The highest BCUT2D eigenvalue weighted by Crippen LogP contribution is 2.24. The lowest BCUT2D eigenvalue weighted by atomic mass is 10.1. The molecular weight excluding hydrogens is 331 g/mol. The molecule has 2 unspecified atom stereocenters. The molecule has 0 aliphatic heterocycles. The van der Waals surface area contributed by atoms with Gasteiger partial charge in [0.15, 0.2) is 0 Å². The van der Waals surface area contributed by atoms with Crippen LogP contribution in [0.1, 0.15) is 31.2 Å². The quantitative estimate of drug-likeness (QED) is 0.719. The van der Waals surface area contributed by atoms with Crippen LogP contribution in [0.3, 0.4) is 0 Å². The third kappa shape index (κ3) is 4.11. The van der Waals surface area contributed by atoms with Crippen LogP contribution in [0.4, 0.5) is 4.39 Å². The van der Waals surface area contributed by atoms with Crippen LogP contribution in [0, 0.1) is 5.82 Å². The summed E-state index contributed by atoms with van der Waals surface area (Å²) in [7, 11) is 1.72. The molecule has 0 saturated carbocycles. The molecule has 1 amide bonds. The van der Waals surface area contributed by atoms with Gasteiger partial charge in [-0.3, -0.25) is 10.1 Å². The largest absolute Gasteiger partial charge is 0.459 e. The minimum atomic E-state index is -0.392. The molecule has 26 heavy (non-hydrogen) atoms. The SMILES string of the molecule is CC(NC(C)c1cc2ccccc2o1)C(=O)N(C)Cc1cccc(F)c1. The van der Waals surface area contributed by atoms with Crippen molar-refractivity contribution in [2.45, 2.75) is 32.5 Å². The summed E-state index contributed by atoms with van der Waals surface area (Å²) >= 11 is 0. The first kappa shape index (κ1) is 18.1. The molecule has 0 aliphatic carbocycles. The third-order valence-electron chi connectivity index (χ3n) is 4.43. The molecule has 136 valence electrons. The van der Waals surface area contributed by atoms with Crippen molar-refractivity contribution >= 4 is 16.9 Å². The number of carbonyl (C=O) groups is 1. The van der Waals surface area contributed by atoms with Gasteiger partial charge in [-0.2, -0.15) is 0 Å². The Morgan fingerprint density at radius 3 is 2.65 bits per heavy atom. The van der Waals surface area contributed by atoms with Crippen LogP contribution in [0.15, 0.2) is 59.0 Å². The standard InChI is InChI=1S/C21H23FN2O2/c1-14(20-12-17-8-4-5-10-19(17)26-20)23-15(2)21(25)24(3)13-16-7-6-9-18(22)11-16/h4-12,14-15,23H,13H2,1-3H3. The summed E-state index contributed by atoms with van der Waals surface area (Å²) < 4.78 is 19.1. The van der Waals surface area contributed by atoms with Gasteiger partial charge in [-0.1, -0.05) is 30.3 Å². The predicted molar refractivity (Wildman–Crippen MR) is 100 cm³/mol. The number of nitrogens with one attached hydrogen (secondary N) is 1. The lowest BCUT2D eigenvalue weighted by molar-refractivity contribution is -0.132. The van der Waals surface area contributed by atoms with Crippen LogP contribution in [0.5, 0.6) is 0 Å². The van der Waals surface area contributed by atoms with Crippen molar-refractivity contribution in [1.29, 1.82) is 0 Å². The molecule has 4 nitrogen and oxygen atoms in total. The van der Waals surface area contributed by atoms with E-state index < -0.39 is 6.04 Å². The van der Waals surface area contributed by atoms with Gasteiger partial charge in [0.1, 0.15) is 17.2 Å². The van der Waals surface area contributed by atoms with Gasteiger partial charge in [0.25, 0.3) is 0 Å². The zero-order valence-corrected chi connectivity index (χ0v) is 15.2. The molecule has 0 spiro atoms. The van der Waals surface area contributed by atoms with Crippen molar-refractivity contribution in [3.05, 3.63) is 71.7 Å². The Labute approximate surface area is 152 Å². The number of amides is 1. The fourth-order valence-electron chi connectivity index (χ4n) is 3.06. The smallest absolute Gasteiger partial charge is 0.239 e. The summed E-state index contributed by atoms with van der Waals surface area (Å²) in [6.45, 7) is 4.15. The van der Waals surface area contributed by atoms with E-state index in [1.54, 1.807) is 18.0 Å². The van der Waals surface area contributed by atoms with Gasteiger partial charge in [-0.05, 0) is 43.7 Å². The van der Waals surface area contributed by atoms with E-state index >= 15 is 0 Å². The number of halogens is 1. The Hall–Kier alpha value is -2.66. The molecule has 0 saturated heterocycles. The number of carbonyl (C=O) groups excluding carboxylic acids is 1. The number of hydrogen-bond donors (Lipinski definition) is 1. The summed E-state index contributed by atoms with van der Waals surface area (Å²) in [5, 5.41) is 4.32. The Bertz CT molecular complexity index is 873. The molecule has 1 heterocycles. The zero-order chi connectivity index (χ0) is 18.7. The van der Waals surface area contributed by atoms with Crippen molar-refractivity contribution in [3.8, 4) is 0 Å². The molecule has 3 aromatic rings. The molecular formula is C21H23FN2O2. The maximum atomic E-state index is 13.3. The maximum absolute atomic E-state index is 13.3. The van der Waals surface area contributed by atoms with E-state index in [4.69, 9.17) is 4.42 Å². The first-order valence-corrected chi connectivity index (χ1v) is 8.68. The van der Waals surface area contributed by atoms with Gasteiger partial charge in [0.2, 0.25) is 5.91 Å². The second kappa shape index (κ2) is 7.70. The Kier molecular flexibility index (Phi) is 5.38. The molecule has 5 heteroatoms. The van der Waals surface area contributed by atoms with Gasteiger partial charge < -0.3 is 9.32 Å². The number of rotatable bonds is 6. The van der Waals surface area contributed by atoms with E-state index in [0.717, 1.165) is 22.3 Å². The van der Waals surface area contributed by atoms with Gasteiger partial charge in [0.05, 0.1) is 12.1 Å². The Balaban J connectivity index is 1.62. The molecule has 1 N–H and O–H groups in total. The lowest BCUT2D eigenvalue weighted by Gasteiger charge is -2.24. The molecule has 2 aromatic carbocycles. The second-order valence-electron chi connectivity index (χ2n) is 6.62. The molecule has 0 radical (unpaired) electrons. The Morgan fingerprint density at radius 1 is 1.15 bits per heavy atom. The molecule has 0 bridgehead atoms. The molecule has 0 fully saturated rings. The number of fused-ring (bicyclic) bond motifs is 1. The highest BCUT2D eigenvalue weighted by molar-refractivity contribution is 5.81. The van der Waals surface area contributed by atoms with E-state index in [0.29, 0.717) is 6.54 Å². The van der Waals surface area contributed by atoms with E-state index in [2.05, 4.69) is 5.32 Å². The van der Waals surface area contributed by atoms with E-state index in [9.17, 15) is 9.18 Å². The van der Waals surface area contributed by atoms with Gasteiger partial charge in [-0.25, -0.2) is 4.39 Å². The fraction of sp³-hybridized carbons (Fsp3) is 0.286. The number of hydrogen-bond acceptors (Lipinski definition) is 3. The monoisotopic (exact) mass is 354 g/mol. The normalized spacial score (nSPS) is 13.5. The van der Waals surface area contributed by atoms with E-state index in [1.807, 2.05) is 50.2 Å². The van der Waals surface area contributed by atoms with Crippen molar-refractivity contribution < 1.29 is 13.6 Å². The predicted octanol–water partition coefficient (Wildman–Crippen LogP) is 4.27. The summed E-state index contributed by atoms with van der Waals surface area (Å²) in [6.07, 6.45) is 0. The summed E-state index contributed by atoms with van der Waals surface area (Å²) in [4.78, 5) is 14.2. The minimum Gasteiger partial charge on any atom is -0.459 e. The number of nitrogens with zero attached hydrogens (tertiary/aromatic N) is 1. The number of benzene rings is 2. The average molecular weight is 354 g/mol. The zero-order valence-electron chi connectivity index (χ0n) is 15.2. The van der Waals surface area contributed by atoms with Crippen LogP contribution in [0.2, 0.25) is 0 Å². The van der Waals surface area contributed by atoms with Crippen LogP contribution >= 0.6 is 0 Å². The van der Waals surface area contributed by atoms with E-state index in [-0.39, 0.29) is 17.8 Å². The number of para-hydroxylation sites is 1. The number of likely N-dealkylation sites (N-methyl/N-ethyl adjacent to an activating group) is 1. The van der Waals surface area contributed by atoms with Gasteiger partial charge in [0, 0.05) is 19.0 Å². The lowest BCUT2D eigenvalue weighted by Crippen LogP contribution is -2.43. The van der Waals surface area contributed by atoms with Crippen LogP contribution in [-0.4, -0.2) is 23.9 Å². The minimum absolute atomic E-state index is 0.0581. The second-order valence-corrected chi connectivity index (χ2v) is 6.62. The Morgan fingerprint density at radius 2 is 1.92 bits per heavy atom. The van der Waals surface area contributed by atoms with Crippen molar-refractivity contribution in [1.82, 2.24) is 10.2 Å². The topological polar surface area (TPSA) is 45.5 Å². The summed E-state index contributed by atoms with van der Waals surface area (Å²) in [5.74, 6) is 0.434. The third-order valence-corrected chi connectivity index (χ3v) is 4.43. The highest BCUT2D eigenvalue weighted by Gasteiger charge is 2.21. The van der Waals surface area contributed by atoms with Crippen molar-refractivity contribution in [3.63, 3.8) is 0 Å². The number of furan rings is 1. The van der Waals surface area contributed by atoms with Crippen LogP contribution < -0.4 is 5.32 Å². The maximum Gasteiger partial charge on any atom is 0.239 e. The molecule has 2 atom stereocenters. The van der Waals surface area contributed by atoms with Crippen LogP contribution in [0.25, 0.3) is 11.0 Å². The van der Waals surface area contributed by atoms with Gasteiger partial charge in [-0.15, -0.1) is 0 Å².